The van der Waals surface area contributed by atoms with E-state index in [-0.39, 0.29) is 0 Å². The average Bonchev–Trinajstić information content (AvgIpc) is 2.78. The third-order valence-electron chi connectivity index (χ3n) is 3.67. The Hall–Kier alpha value is 0.210. The van der Waals surface area contributed by atoms with Gasteiger partial charge in [-0.2, -0.15) is 0 Å². The highest BCUT2D eigenvalue weighted by Gasteiger charge is 2.28. The lowest BCUT2D eigenvalue weighted by molar-refractivity contribution is 0.0354. The second kappa shape index (κ2) is 5.51. The molecule has 2 fully saturated rings. The van der Waals surface area contributed by atoms with Crippen LogP contribution < -0.4 is 0 Å². The van der Waals surface area contributed by atoms with E-state index in [2.05, 4.69) is 11.8 Å². The lowest BCUT2D eigenvalue weighted by atomic mass is 10.1. The zero-order valence-corrected chi connectivity index (χ0v) is 10.4. The topological polar surface area (TPSA) is 12.5 Å². The molecule has 2 nitrogen and oxygen atoms in total. The van der Waals surface area contributed by atoms with Gasteiger partial charge in [0.05, 0.1) is 12.2 Å². The molecule has 0 radical (unpaired) electrons. The van der Waals surface area contributed by atoms with E-state index < -0.39 is 0 Å². The van der Waals surface area contributed by atoms with Crippen LogP contribution in [-0.4, -0.2) is 42.6 Å². The number of hydrogen-bond acceptors (Lipinski definition) is 2. The van der Waals surface area contributed by atoms with Gasteiger partial charge in [0, 0.05) is 19.0 Å². The second-order valence-electron chi connectivity index (χ2n) is 5.04. The van der Waals surface area contributed by atoms with E-state index >= 15 is 0 Å². The molecule has 2 aliphatic heterocycles. The Labute approximate surface area is 97.9 Å². The van der Waals surface area contributed by atoms with Gasteiger partial charge < -0.3 is 9.64 Å². The Morgan fingerprint density at radius 1 is 1.33 bits per heavy atom. The SMILES string of the molecule is CC1CCC(CN2CCC(CCCl)C2)O1. The quantitative estimate of drug-likeness (QED) is 0.690. The normalized spacial score (nSPS) is 37.6. The number of likely N-dealkylation sites (tertiary alicyclic amines) is 1. The van der Waals surface area contributed by atoms with Crippen molar-refractivity contribution in [2.45, 2.75) is 44.8 Å². The predicted octanol–water partition coefficient (Wildman–Crippen LogP) is 2.50. The van der Waals surface area contributed by atoms with E-state index in [9.17, 15) is 0 Å². The second-order valence-corrected chi connectivity index (χ2v) is 5.42. The number of rotatable bonds is 4. The number of nitrogens with zero attached hydrogens (tertiary/aromatic N) is 1. The molecule has 0 aliphatic carbocycles. The maximum Gasteiger partial charge on any atom is 0.0706 e. The summed E-state index contributed by atoms with van der Waals surface area (Å²) in [6, 6.07) is 0. The van der Waals surface area contributed by atoms with Gasteiger partial charge in [-0.1, -0.05) is 0 Å². The molecule has 3 atom stereocenters. The van der Waals surface area contributed by atoms with E-state index in [0.29, 0.717) is 12.2 Å². The van der Waals surface area contributed by atoms with E-state index in [0.717, 1.165) is 18.3 Å². The minimum Gasteiger partial charge on any atom is -0.374 e. The summed E-state index contributed by atoms with van der Waals surface area (Å²) in [5.41, 5.74) is 0. The van der Waals surface area contributed by atoms with Crippen molar-refractivity contribution in [2.75, 3.05) is 25.5 Å². The minimum atomic E-state index is 0.483. The van der Waals surface area contributed by atoms with Crippen LogP contribution in [0.3, 0.4) is 0 Å². The summed E-state index contributed by atoms with van der Waals surface area (Å²) >= 11 is 5.78. The minimum absolute atomic E-state index is 0.483. The maximum atomic E-state index is 5.85. The van der Waals surface area contributed by atoms with Crippen molar-refractivity contribution < 1.29 is 4.74 Å². The van der Waals surface area contributed by atoms with Gasteiger partial charge >= 0.3 is 0 Å². The van der Waals surface area contributed by atoms with Crippen LogP contribution in [0.4, 0.5) is 0 Å². The molecule has 0 aromatic rings. The summed E-state index contributed by atoms with van der Waals surface area (Å²) in [6.45, 7) is 5.81. The molecule has 88 valence electrons. The molecule has 0 N–H and O–H groups in total. The summed E-state index contributed by atoms with van der Waals surface area (Å²) in [5.74, 6) is 1.65. The van der Waals surface area contributed by atoms with Crippen LogP contribution >= 0.6 is 11.6 Å². The zero-order valence-electron chi connectivity index (χ0n) is 9.62. The Balaban J connectivity index is 1.68. The molecule has 2 aliphatic rings. The van der Waals surface area contributed by atoms with Crippen LogP contribution in [-0.2, 0) is 4.74 Å². The number of halogens is 1. The van der Waals surface area contributed by atoms with Crippen LogP contribution in [0.5, 0.6) is 0 Å². The first kappa shape index (κ1) is 11.7. The van der Waals surface area contributed by atoms with Crippen LogP contribution in [0, 0.1) is 5.92 Å². The Kier molecular flexibility index (Phi) is 4.30. The van der Waals surface area contributed by atoms with Crippen molar-refractivity contribution in [3.8, 4) is 0 Å². The van der Waals surface area contributed by atoms with Crippen LogP contribution in [0.1, 0.15) is 32.6 Å². The molecule has 15 heavy (non-hydrogen) atoms. The average molecular weight is 232 g/mol. The highest BCUT2D eigenvalue weighted by Crippen LogP contribution is 2.24. The summed E-state index contributed by atoms with van der Waals surface area (Å²) in [7, 11) is 0. The standard InChI is InChI=1S/C12H22ClNO/c1-10-2-3-12(15-10)9-14-7-5-11(8-14)4-6-13/h10-12H,2-9H2,1H3. The monoisotopic (exact) mass is 231 g/mol. The number of alkyl halides is 1. The van der Waals surface area contributed by atoms with Gasteiger partial charge in [0.1, 0.15) is 0 Å². The molecule has 2 heterocycles. The number of hydrogen-bond donors (Lipinski definition) is 0. The van der Waals surface area contributed by atoms with Crippen molar-refractivity contribution in [1.82, 2.24) is 4.90 Å². The Morgan fingerprint density at radius 3 is 2.87 bits per heavy atom. The molecule has 0 spiro atoms. The van der Waals surface area contributed by atoms with E-state index in [1.54, 1.807) is 0 Å². The van der Waals surface area contributed by atoms with Crippen molar-refractivity contribution in [3.63, 3.8) is 0 Å². The first-order valence-corrected chi connectivity index (χ1v) is 6.75. The van der Waals surface area contributed by atoms with Gasteiger partial charge in [-0.05, 0) is 45.1 Å². The van der Waals surface area contributed by atoms with Crippen LogP contribution in [0.15, 0.2) is 0 Å². The van der Waals surface area contributed by atoms with Gasteiger partial charge in [-0.15, -0.1) is 11.6 Å². The Bertz CT molecular complexity index is 200. The van der Waals surface area contributed by atoms with Gasteiger partial charge in [-0.3, -0.25) is 0 Å². The fourth-order valence-electron chi connectivity index (χ4n) is 2.78. The largest absolute Gasteiger partial charge is 0.374 e. The van der Waals surface area contributed by atoms with Crippen molar-refractivity contribution in [1.29, 1.82) is 0 Å². The number of ether oxygens (including phenoxy) is 1. The molecule has 0 aromatic carbocycles. The third-order valence-corrected chi connectivity index (χ3v) is 3.89. The highest BCUT2D eigenvalue weighted by atomic mass is 35.5. The van der Waals surface area contributed by atoms with Gasteiger partial charge in [-0.25, -0.2) is 0 Å². The van der Waals surface area contributed by atoms with Crippen LogP contribution in [0.25, 0.3) is 0 Å². The van der Waals surface area contributed by atoms with E-state index in [1.807, 2.05) is 0 Å². The van der Waals surface area contributed by atoms with Gasteiger partial charge in [0.15, 0.2) is 0 Å². The van der Waals surface area contributed by atoms with Crippen LogP contribution in [0.2, 0.25) is 0 Å². The van der Waals surface area contributed by atoms with Crippen molar-refractivity contribution in [2.24, 2.45) is 5.92 Å². The molecule has 3 unspecified atom stereocenters. The molecule has 0 bridgehead atoms. The first-order valence-electron chi connectivity index (χ1n) is 6.21. The molecular weight excluding hydrogens is 210 g/mol. The fraction of sp³-hybridized carbons (Fsp3) is 1.00. The van der Waals surface area contributed by atoms with Crippen molar-refractivity contribution in [3.05, 3.63) is 0 Å². The molecule has 2 saturated heterocycles. The molecule has 0 saturated carbocycles. The predicted molar refractivity (Wildman–Crippen MR) is 63.5 cm³/mol. The molecule has 3 heteroatoms. The Morgan fingerprint density at radius 2 is 2.20 bits per heavy atom. The third kappa shape index (κ3) is 3.33. The van der Waals surface area contributed by atoms with E-state index in [4.69, 9.17) is 16.3 Å². The highest BCUT2D eigenvalue weighted by molar-refractivity contribution is 6.17. The lowest BCUT2D eigenvalue weighted by Gasteiger charge is -2.20. The lowest BCUT2D eigenvalue weighted by Crippen LogP contribution is -2.30. The summed E-state index contributed by atoms with van der Waals surface area (Å²) < 4.78 is 5.85. The fourth-order valence-corrected chi connectivity index (χ4v) is 3.08. The maximum absolute atomic E-state index is 5.85. The molecule has 0 aromatic heterocycles. The summed E-state index contributed by atoms with van der Waals surface area (Å²) in [6.07, 6.45) is 5.97. The van der Waals surface area contributed by atoms with Crippen molar-refractivity contribution >= 4 is 11.6 Å². The van der Waals surface area contributed by atoms with E-state index in [1.165, 1.54) is 38.8 Å². The van der Waals surface area contributed by atoms with Gasteiger partial charge in [0.2, 0.25) is 0 Å². The first-order chi connectivity index (χ1) is 7.28. The molecular formula is C12H22ClNO. The summed E-state index contributed by atoms with van der Waals surface area (Å²) in [4.78, 5) is 2.56. The molecule has 2 rings (SSSR count). The smallest absolute Gasteiger partial charge is 0.0706 e. The zero-order chi connectivity index (χ0) is 10.7. The van der Waals surface area contributed by atoms with Gasteiger partial charge in [0.25, 0.3) is 0 Å². The summed E-state index contributed by atoms with van der Waals surface area (Å²) in [5, 5.41) is 0. The molecule has 0 amide bonds.